The summed E-state index contributed by atoms with van der Waals surface area (Å²) in [4.78, 5) is 41.7. The first-order valence-corrected chi connectivity index (χ1v) is 10.9. The Morgan fingerprint density at radius 3 is 2.12 bits per heavy atom. The van der Waals surface area contributed by atoms with E-state index in [1.54, 1.807) is 28.3 Å². The van der Waals surface area contributed by atoms with Crippen LogP contribution in [0.3, 0.4) is 0 Å². The Labute approximate surface area is 186 Å². The highest BCUT2D eigenvalue weighted by Crippen LogP contribution is 2.32. The average molecular weight is 438 g/mol. The fourth-order valence-corrected chi connectivity index (χ4v) is 4.24. The molecule has 0 spiro atoms. The Balaban J connectivity index is 1.09. The molecule has 32 heavy (non-hydrogen) atoms. The zero-order valence-electron chi connectivity index (χ0n) is 17.9. The van der Waals surface area contributed by atoms with E-state index in [2.05, 4.69) is 14.9 Å². The lowest BCUT2D eigenvalue weighted by molar-refractivity contribution is -0.153. The van der Waals surface area contributed by atoms with Crippen LogP contribution in [-0.4, -0.2) is 95.6 Å². The number of rotatable bonds is 3. The molecular formula is C22H26N6O4. The van der Waals surface area contributed by atoms with Crippen LogP contribution in [0.5, 0.6) is 11.5 Å². The van der Waals surface area contributed by atoms with E-state index in [4.69, 9.17) is 9.47 Å². The monoisotopic (exact) mass is 438 g/mol. The van der Waals surface area contributed by atoms with Gasteiger partial charge in [0, 0.05) is 71.3 Å². The third kappa shape index (κ3) is 4.31. The van der Waals surface area contributed by atoms with Crippen molar-refractivity contribution in [1.82, 2.24) is 24.7 Å². The maximum Gasteiger partial charge on any atom is 0.312 e. The van der Waals surface area contributed by atoms with Crippen LogP contribution in [0, 0.1) is 0 Å². The molecule has 0 aliphatic carbocycles. The van der Waals surface area contributed by atoms with Crippen molar-refractivity contribution in [3.8, 4) is 11.5 Å². The average Bonchev–Trinajstić information content (AvgIpc) is 3.32. The lowest BCUT2D eigenvalue weighted by Crippen LogP contribution is -2.56. The highest BCUT2D eigenvalue weighted by atomic mass is 16.7. The van der Waals surface area contributed by atoms with Gasteiger partial charge in [-0.2, -0.15) is 0 Å². The summed E-state index contributed by atoms with van der Waals surface area (Å²) in [5, 5.41) is 0. The van der Waals surface area contributed by atoms with Crippen molar-refractivity contribution in [2.24, 2.45) is 0 Å². The Morgan fingerprint density at radius 2 is 1.44 bits per heavy atom. The molecule has 0 saturated carbocycles. The van der Waals surface area contributed by atoms with Crippen LogP contribution in [0.15, 0.2) is 36.7 Å². The molecule has 0 bridgehead atoms. The van der Waals surface area contributed by atoms with Crippen molar-refractivity contribution in [3.05, 3.63) is 42.2 Å². The highest BCUT2D eigenvalue weighted by molar-refractivity contribution is 6.35. The number of nitrogens with zero attached hydrogens (tertiary/aromatic N) is 6. The largest absolute Gasteiger partial charge is 0.454 e. The lowest BCUT2D eigenvalue weighted by Gasteiger charge is -2.37. The predicted octanol–water partition coefficient (Wildman–Crippen LogP) is 0.198. The van der Waals surface area contributed by atoms with Crippen molar-refractivity contribution in [2.75, 3.05) is 64.1 Å². The summed E-state index contributed by atoms with van der Waals surface area (Å²) in [5.74, 6) is 1.39. The van der Waals surface area contributed by atoms with Crippen LogP contribution in [0.4, 0.5) is 5.95 Å². The number of amides is 2. The van der Waals surface area contributed by atoms with Crippen LogP contribution < -0.4 is 14.4 Å². The minimum absolute atomic E-state index is 0.267. The second kappa shape index (κ2) is 8.99. The molecule has 2 fully saturated rings. The van der Waals surface area contributed by atoms with Crippen molar-refractivity contribution in [2.45, 2.75) is 6.54 Å². The minimum Gasteiger partial charge on any atom is -0.454 e. The molecule has 168 valence electrons. The zero-order valence-corrected chi connectivity index (χ0v) is 17.9. The SMILES string of the molecule is O=C(C(=O)N1CCN(c2ncccn2)CC1)N1CCN(Cc2ccc3c(c2)OCO3)CC1. The Hall–Kier alpha value is -3.40. The molecule has 2 aromatic rings. The van der Waals surface area contributed by atoms with E-state index in [0.717, 1.165) is 36.7 Å². The fraction of sp³-hybridized carbons (Fsp3) is 0.455. The molecule has 0 atom stereocenters. The van der Waals surface area contributed by atoms with Crippen molar-refractivity contribution in [3.63, 3.8) is 0 Å². The third-order valence-corrected chi connectivity index (χ3v) is 6.09. The number of benzene rings is 1. The summed E-state index contributed by atoms with van der Waals surface area (Å²) in [6.07, 6.45) is 3.41. The standard InChI is InChI=1S/C22H26N6O4/c29-20(21(30)27-10-12-28(13-11-27)22-23-4-1-5-24-22)26-8-6-25(7-9-26)15-17-2-3-18-19(14-17)32-16-31-18/h1-5,14H,6-13,15-16H2. The van der Waals surface area contributed by atoms with Gasteiger partial charge in [0.2, 0.25) is 12.7 Å². The van der Waals surface area contributed by atoms with Crippen LogP contribution in [0.2, 0.25) is 0 Å². The number of fused-ring (bicyclic) bond motifs is 1. The number of hydrogen-bond donors (Lipinski definition) is 0. The minimum atomic E-state index is -0.414. The molecule has 1 aromatic carbocycles. The van der Waals surface area contributed by atoms with Gasteiger partial charge in [-0.25, -0.2) is 9.97 Å². The highest BCUT2D eigenvalue weighted by Gasteiger charge is 2.31. The van der Waals surface area contributed by atoms with Gasteiger partial charge in [0.25, 0.3) is 0 Å². The van der Waals surface area contributed by atoms with E-state index >= 15 is 0 Å². The number of hydrogen-bond acceptors (Lipinski definition) is 8. The first kappa shape index (κ1) is 20.5. The molecule has 3 aliphatic rings. The summed E-state index contributed by atoms with van der Waals surface area (Å²) < 4.78 is 10.8. The Morgan fingerprint density at radius 1 is 0.812 bits per heavy atom. The second-order valence-electron chi connectivity index (χ2n) is 8.08. The van der Waals surface area contributed by atoms with E-state index in [9.17, 15) is 9.59 Å². The van der Waals surface area contributed by atoms with Gasteiger partial charge in [-0.1, -0.05) is 6.07 Å². The first-order chi connectivity index (χ1) is 15.7. The number of carbonyl (C=O) groups is 2. The summed E-state index contributed by atoms with van der Waals surface area (Å²) in [5.41, 5.74) is 1.14. The summed E-state index contributed by atoms with van der Waals surface area (Å²) in [7, 11) is 0. The normalized spacial score (nSPS) is 18.7. The Kier molecular flexibility index (Phi) is 5.76. The summed E-state index contributed by atoms with van der Waals surface area (Å²) in [6, 6.07) is 7.74. The van der Waals surface area contributed by atoms with E-state index in [1.807, 2.05) is 23.1 Å². The van der Waals surface area contributed by atoms with Gasteiger partial charge in [0.1, 0.15) is 0 Å². The van der Waals surface area contributed by atoms with Gasteiger partial charge in [-0.3, -0.25) is 14.5 Å². The van der Waals surface area contributed by atoms with Crippen molar-refractivity contribution >= 4 is 17.8 Å². The molecule has 0 radical (unpaired) electrons. The maximum atomic E-state index is 12.8. The zero-order chi connectivity index (χ0) is 21.9. The predicted molar refractivity (Wildman–Crippen MR) is 115 cm³/mol. The molecule has 10 heteroatoms. The van der Waals surface area contributed by atoms with Crippen LogP contribution in [0.25, 0.3) is 0 Å². The Bertz CT molecular complexity index is 972. The molecule has 10 nitrogen and oxygen atoms in total. The number of carbonyl (C=O) groups excluding carboxylic acids is 2. The quantitative estimate of drug-likeness (QED) is 0.628. The number of aromatic nitrogens is 2. The van der Waals surface area contributed by atoms with E-state index in [-0.39, 0.29) is 6.79 Å². The van der Waals surface area contributed by atoms with Crippen molar-refractivity contribution in [1.29, 1.82) is 0 Å². The first-order valence-electron chi connectivity index (χ1n) is 10.9. The van der Waals surface area contributed by atoms with E-state index in [0.29, 0.717) is 45.2 Å². The molecule has 3 aliphatic heterocycles. The molecule has 1 aromatic heterocycles. The van der Waals surface area contributed by atoms with Gasteiger partial charge in [-0.15, -0.1) is 0 Å². The van der Waals surface area contributed by atoms with Gasteiger partial charge in [0.05, 0.1) is 0 Å². The van der Waals surface area contributed by atoms with Crippen LogP contribution in [0.1, 0.15) is 5.56 Å². The lowest BCUT2D eigenvalue weighted by atomic mass is 10.1. The number of ether oxygens (including phenoxy) is 2. The van der Waals surface area contributed by atoms with E-state index < -0.39 is 11.8 Å². The molecular weight excluding hydrogens is 412 g/mol. The fourth-order valence-electron chi connectivity index (χ4n) is 4.24. The topological polar surface area (TPSA) is 91.3 Å². The smallest absolute Gasteiger partial charge is 0.312 e. The second-order valence-corrected chi connectivity index (χ2v) is 8.08. The van der Waals surface area contributed by atoms with Crippen LogP contribution in [-0.2, 0) is 16.1 Å². The molecule has 2 saturated heterocycles. The number of piperazine rings is 2. The van der Waals surface area contributed by atoms with Crippen molar-refractivity contribution < 1.29 is 19.1 Å². The van der Waals surface area contributed by atoms with Gasteiger partial charge in [0.15, 0.2) is 11.5 Å². The number of anilines is 1. The van der Waals surface area contributed by atoms with Gasteiger partial charge in [-0.05, 0) is 23.8 Å². The molecule has 2 amide bonds. The van der Waals surface area contributed by atoms with E-state index in [1.165, 1.54) is 0 Å². The molecule has 0 N–H and O–H groups in total. The maximum absolute atomic E-state index is 12.8. The molecule has 5 rings (SSSR count). The molecule has 0 unspecified atom stereocenters. The van der Waals surface area contributed by atoms with Gasteiger partial charge < -0.3 is 24.2 Å². The summed E-state index contributed by atoms with van der Waals surface area (Å²) in [6.45, 7) is 5.82. The van der Waals surface area contributed by atoms with Crippen LogP contribution >= 0.6 is 0 Å². The summed E-state index contributed by atoms with van der Waals surface area (Å²) >= 11 is 0. The third-order valence-electron chi connectivity index (χ3n) is 6.09. The van der Waals surface area contributed by atoms with Gasteiger partial charge >= 0.3 is 11.8 Å². The molecule has 4 heterocycles.